The number of halogens is 1. The lowest BCUT2D eigenvalue weighted by Gasteiger charge is -2.20. The zero-order valence-electron chi connectivity index (χ0n) is 16.6. The van der Waals surface area contributed by atoms with Gasteiger partial charge in [0.05, 0.1) is 0 Å². The first-order valence-corrected chi connectivity index (χ1v) is 9.60. The van der Waals surface area contributed by atoms with Crippen molar-refractivity contribution in [2.45, 2.75) is 39.5 Å². The van der Waals surface area contributed by atoms with Crippen LogP contribution in [0, 0.1) is 5.92 Å². The summed E-state index contributed by atoms with van der Waals surface area (Å²) in [5.74, 6) is 1.35. The third-order valence-electron chi connectivity index (χ3n) is 4.25. The summed E-state index contributed by atoms with van der Waals surface area (Å²) >= 11 is 0. The van der Waals surface area contributed by atoms with Crippen LogP contribution < -0.4 is 15.5 Å². The lowest BCUT2D eigenvalue weighted by atomic mass is 10.0. The monoisotopic (exact) mass is 476 g/mol. The number of rotatable bonds is 12. The first kappa shape index (κ1) is 25.0. The van der Waals surface area contributed by atoms with Crippen LogP contribution in [0.25, 0.3) is 0 Å². The lowest BCUT2D eigenvalue weighted by molar-refractivity contribution is 0.253. The van der Waals surface area contributed by atoms with Gasteiger partial charge in [-0.1, -0.05) is 31.5 Å². The summed E-state index contributed by atoms with van der Waals surface area (Å²) in [4.78, 5) is 6.96. The second kappa shape index (κ2) is 16.2. The standard InChI is InChI=1S/C20H36N4O.HI/c1-4-10-18(13-16-25)17-23-20(21-5-2)22-14-9-15-24(3)19-11-7-6-8-12-19;/h6-8,11-12,18,25H,4-5,9-10,13-17H2,1-3H3,(H2,21,22,23);1H. The number of aliphatic hydroxyl groups is 1. The first-order chi connectivity index (χ1) is 12.2. The molecule has 0 heterocycles. The number of aliphatic imine (C=N–C) groups is 1. The van der Waals surface area contributed by atoms with Crippen molar-refractivity contribution in [1.82, 2.24) is 10.6 Å². The van der Waals surface area contributed by atoms with Crippen molar-refractivity contribution in [2.24, 2.45) is 10.9 Å². The second-order valence-corrected chi connectivity index (χ2v) is 6.42. The van der Waals surface area contributed by atoms with E-state index in [9.17, 15) is 0 Å². The van der Waals surface area contributed by atoms with E-state index in [1.165, 1.54) is 5.69 Å². The molecule has 0 aromatic heterocycles. The van der Waals surface area contributed by atoms with Crippen LogP contribution in [0.1, 0.15) is 39.5 Å². The van der Waals surface area contributed by atoms with Gasteiger partial charge >= 0.3 is 0 Å². The van der Waals surface area contributed by atoms with Crippen LogP contribution in [-0.4, -0.2) is 50.9 Å². The lowest BCUT2D eigenvalue weighted by Crippen LogP contribution is -2.39. The van der Waals surface area contributed by atoms with Gasteiger partial charge in [-0.05, 0) is 44.2 Å². The highest BCUT2D eigenvalue weighted by atomic mass is 127. The quantitative estimate of drug-likeness (QED) is 0.187. The van der Waals surface area contributed by atoms with Gasteiger partial charge in [0.25, 0.3) is 0 Å². The van der Waals surface area contributed by atoms with Gasteiger partial charge in [0.1, 0.15) is 0 Å². The highest BCUT2D eigenvalue weighted by Gasteiger charge is 2.07. The van der Waals surface area contributed by atoms with Gasteiger partial charge in [0.2, 0.25) is 0 Å². The number of hydrogen-bond acceptors (Lipinski definition) is 3. The summed E-state index contributed by atoms with van der Waals surface area (Å²) in [6.07, 6.45) is 4.13. The van der Waals surface area contributed by atoms with Crippen molar-refractivity contribution in [1.29, 1.82) is 0 Å². The molecule has 0 fully saturated rings. The molecule has 26 heavy (non-hydrogen) atoms. The van der Waals surface area contributed by atoms with E-state index in [1.54, 1.807) is 0 Å². The van der Waals surface area contributed by atoms with Gasteiger partial charge in [0, 0.05) is 45.5 Å². The highest BCUT2D eigenvalue weighted by molar-refractivity contribution is 14.0. The van der Waals surface area contributed by atoms with Crippen LogP contribution in [-0.2, 0) is 0 Å². The van der Waals surface area contributed by atoms with Crippen LogP contribution in [0.4, 0.5) is 5.69 Å². The summed E-state index contributed by atoms with van der Waals surface area (Å²) in [5, 5.41) is 15.9. The highest BCUT2D eigenvalue weighted by Crippen LogP contribution is 2.11. The first-order valence-electron chi connectivity index (χ1n) is 9.60. The van der Waals surface area contributed by atoms with Crippen LogP contribution in [0.5, 0.6) is 0 Å². The normalized spacial score (nSPS) is 12.2. The number of nitrogens with zero attached hydrogens (tertiary/aromatic N) is 2. The van der Waals surface area contributed by atoms with E-state index >= 15 is 0 Å². The van der Waals surface area contributed by atoms with Crippen molar-refractivity contribution in [3.8, 4) is 0 Å². The average Bonchev–Trinajstić information content (AvgIpc) is 2.63. The molecular weight excluding hydrogens is 439 g/mol. The number of aliphatic hydroxyl groups excluding tert-OH is 1. The Morgan fingerprint density at radius 2 is 1.88 bits per heavy atom. The summed E-state index contributed by atoms with van der Waals surface area (Å²) in [7, 11) is 2.12. The molecule has 5 nitrogen and oxygen atoms in total. The van der Waals surface area contributed by atoms with Crippen LogP contribution in [0.3, 0.4) is 0 Å². The Bertz CT molecular complexity index is 464. The number of guanidine groups is 1. The third kappa shape index (κ3) is 10.9. The third-order valence-corrected chi connectivity index (χ3v) is 4.25. The van der Waals surface area contributed by atoms with Gasteiger partial charge in [-0.3, -0.25) is 4.99 Å². The molecule has 1 aromatic rings. The Balaban J connectivity index is 0.00000625. The number of anilines is 1. The fraction of sp³-hybridized carbons (Fsp3) is 0.650. The van der Waals surface area contributed by atoms with E-state index in [-0.39, 0.29) is 30.6 Å². The number of nitrogens with one attached hydrogen (secondary N) is 2. The maximum absolute atomic E-state index is 9.17. The average molecular weight is 476 g/mol. The minimum Gasteiger partial charge on any atom is -0.396 e. The number of hydrogen-bond donors (Lipinski definition) is 3. The molecule has 0 spiro atoms. The fourth-order valence-electron chi connectivity index (χ4n) is 2.81. The molecule has 0 aliphatic heterocycles. The van der Waals surface area contributed by atoms with Crippen LogP contribution in [0.15, 0.2) is 35.3 Å². The SMILES string of the molecule is CCCC(CCO)CN=C(NCC)NCCCN(C)c1ccccc1.I. The van der Waals surface area contributed by atoms with Crippen molar-refractivity contribution in [2.75, 3.05) is 44.7 Å². The molecule has 0 saturated heterocycles. The molecule has 1 unspecified atom stereocenters. The summed E-state index contributed by atoms with van der Waals surface area (Å²) < 4.78 is 0. The smallest absolute Gasteiger partial charge is 0.191 e. The van der Waals surface area contributed by atoms with Crippen molar-refractivity contribution >= 4 is 35.6 Å². The summed E-state index contributed by atoms with van der Waals surface area (Å²) in [6.45, 7) is 8.02. The van der Waals surface area contributed by atoms with Gasteiger partial charge < -0.3 is 20.6 Å². The Kier molecular flexibility index (Phi) is 15.5. The van der Waals surface area contributed by atoms with Gasteiger partial charge in [-0.25, -0.2) is 0 Å². The Labute approximate surface area is 176 Å². The maximum atomic E-state index is 9.17. The Morgan fingerprint density at radius 3 is 2.50 bits per heavy atom. The van der Waals surface area contributed by atoms with E-state index in [0.29, 0.717) is 5.92 Å². The van der Waals surface area contributed by atoms with Crippen molar-refractivity contribution < 1.29 is 5.11 Å². The Hall–Kier alpha value is -1.02. The minimum absolute atomic E-state index is 0. The predicted octanol–water partition coefficient (Wildman–Crippen LogP) is 3.48. The van der Waals surface area contributed by atoms with E-state index in [2.05, 4.69) is 60.7 Å². The zero-order chi connectivity index (χ0) is 18.3. The zero-order valence-corrected chi connectivity index (χ0v) is 18.9. The Morgan fingerprint density at radius 1 is 1.15 bits per heavy atom. The molecule has 6 heteroatoms. The molecular formula is C20H37IN4O. The molecule has 1 aromatic carbocycles. The largest absolute Gasteiger partial charge is 0.396 e. The molecule has 0 amide bonds. The number of para-hydroxylation sites is 1. The molecule has 0 bridgehead atoms. The van der Waals surface area contributed by atoms with E-state index in [4.69, 9.17) is 10.1 Å². The van der Waals surface area contributed by atoms with Crippen LogP contribution in [0.2, 0.25) is 0 Å². The predicted molar refractivity (Wildman–Crippen MR) is 124 cm³/mol. The molecule has 150 valence electrons. The summed E-state index contributed by atoms with van der Waals surface area (Å²) in [6, 6.07) is 10.4. The molecule has 0 radical (unpaired) electrons. The molecule has 3 N–H and O–H groups in total. The van der Waals surface area contributed by atoms with Gasteiger partial charge in [-0.15, -0.1) is 24.0 Å². The van der Waals surface area contributed by atoms with E-state index in [1.807, 2.05) is 6.07 Å². The number of benzene rings is 1. The topological polar surface area (TPSA) is 59.9 Å². The maximum Gasteiger partial charge on any atom is 0.191 e. The van der Waals surface area contributed by atoms with E-state index < -0.39 is 0 Å². The molecule has 0 saturated carbocycles. The van der Waals surface area contributed by atoms with Crippen molar-refractivity contribution in [3.05, 3.63) is 30.3 Å². The second-order valence-electron chi connectivity index (χ2n) is 6.42. The van der Waals surface area contributed by atoms with Gasteiger partial charge in [0.15, 0.2) is 5.96 Å². The van der Waals surface area contributed by atoms with E-state index in [0.717, 1.165) is 57.8 Å². The fourth-order valence-corrected chi connectivity index (χ4v) is 2.81. The molecule has 1 rings (SSSR count). The van der Waals surface area contributed by atoms with Crippen LogP contribution >= 0.6 is 24.0 Å². The summed E-state index contributed by atoms with van der Waals surface area (Å²) in [5.41, 5.74) is 1.24. The van der Waals surface area contributed by atoms with Gasteiger partial charge in [-0.2, -0.15) is 0 Å². The van der Waals surface area contributed by atoms with Crippen molar-refractivity contribution in [3.63, 3.8) is 0 Å². The molecule has 0 aliphatic rings. The molecule has 0 aliphatic carbocycles. The molecule has 1 atom stereocenters. The minimum atomic E-state index is 0.